The Morgan fingerprint density at radius 2 is 1.92 bits per heavy atom. The number of nitrogens with zero attached hydrogens (tertiary/aromatic N) is 3. The van der Waals surface area contributed by atoms with E-state index >= 15 is 0 Å². The maximum atomic E-state index is 9.39. The highest BCUT2D eigenvalue weighted by molar-refractivity contribution is 5.67. The van der Waals surface area contributed by atoms with Gasteiger partial charge in [0.25, 0.3) is 0 Å². The summed E-state index contributed by atoms with van der Waals surface area (Å²) in [5.74, 6) is 1.77. The number of hydrogen-bond donors (Lipinski definition) is 0. The molecule has 0 aliphatic carbocycles. The third kappa shape index (κ3) is 4.24. The molecule has 1 saturated heterocycles. The molecule has 1 aliphatic rings. The first-order valence-electron chi connectivity index (χ1n) is 8.81. The number of oxazole rings is 1. The summed E-state index contributed by atoms with van der Waals surface area (Å²) in [5, 5.41) is 9.39. The van der Waals surface area contributed by atoms with E-state index in [0.717, 1.165) is 11.3 Å². The van der Waals surface area contributed by atoms with Crippen molar-refractivity contribution < 1.29 is 13.9 Å². The molecule has 2 atom stereocenters. The molecule has 0 saturated carbocycles. The molecule has 6 heteroatoms. The quantitative estimate of drug-likeness (QED) is 0.816. The zero-order chi connectivity index (χ0) is 18.5. The fraction of sp³-hybridized carbons (Fsp3) is 0.400. The van der Waals surface area contributed by atoms with Crippen molar-refractivity contribution in [3.8, 4) is 11.8 Å². The second kappa shape index (κ2) is 8.07. The molecular formula is C20H23N3O3. The van der Waals surface area contributed by atoms with Crippen LogP contribution in [-0.4, -0.2) is 36.9 Å². The minimum atomic E-state index is 0.0817. The minimum Gasteiger partial charge on any atom is -0.494 e. The molecule has 3 rings (SSSR count). The van der Waals surface area contributed by atoms with Crippen molar-refractivity contribution in [2.75, 3.05) is 24.6 Å². The van der Waals surface area contributed by atoms with Gasteiger partial charge in [0, 0.05) is 19.2 Å². The summed E-state index contributed by atoms with van der Waals surface area (Å²) >= 11 is 0. The molecule has 1 aromatic carbocycles. The molecule has 0 radical (unpaired) electrons. The third-order valence-corrected chi connectivity index (χ3v) is 4.05. The van der Waals surface area contributed by atoms with Crippen LogP contribution in [0.15, 0.2) is 28.7 Å². The molecule has 0 spiro atoms. The second-order valence-electron chi connectivity index (χ2n) is 6.32. The Kier molecular flexibility index (Phi) is 5.59. The highest BCUT2D eigenvalue weighted by Gasteiger charge is 2.27. The minimum absolute atomic E-state index is 0.0817. The number of morpholine rings is 1. The van der Waals surface area contributed by atoms with E-state index in [0.29, 0.717) is 37.2 Å². The Hall–Kier alpha value is -2.78. The summed E-state index contributed by atoms with van der Waals surface area (Å²) in [6, 6.07) is 9.88. The molecule has 1 aliphatic heterocycles. The normalized spacial score (nSPS) is 20.3. The summed E-state index contributed by atoms with van der Waals surface area (Å²) in [6.45, 7) is 7.98. The number of aromatic nitrogens is 1. The average Bonchev–Trinajstić information content (AvgIpc) is 3.04. The smallest absolute Gasteiger partial charge is 0.235 e. The van der Waals surface area contributed by atoms with Gasteiger partial charge in [-0.15, -0.1) is 0 Å². The molecule has 1 aromatic heterocycles. The average molecular weight is 353 g/mol. The van der Waals surface area contributed by atoms with E-state index in [9.17, 15) is 5.26 Å². The number of anilines is 1. The van der Waals surface area contributed by atoms with Crippen LogP contribution < -0.4 is 9.64 Å². The Labute approximate surface area is 153 Å². The van der Waals surface area contributed by atoms with E-state index < -0.39 is 0 Å². The summed E-state index contributed by atoms with van der Waals surface area (Å²) < 4.78 is 17.0. The van der Waals surface area contributed by atoms with Crippen molar-refractivity contribution in [3.05, 3.63) is 41.4 Å². The van der Waals surface area contributed by atoms with Crippen molar-refractivity contribution in [2.24, 2.45) is 0 Å². The molecule has 0 amide bonds. The summed E-state index contributed by atoms with van der Waals surface area (Å²) in [5.41, 5.74) is 1.30. The lowest BCUT2D eigenvalue weighted by Gasteiger charge is -2.34. The van der Waals surface area contributed by atoms with Crippen LogP contribution in [-0.2, 0) is 4.74 Å². The first-order valence-corrected chi connectivity index (χ1v) is 8.81. The largest absolute Gasteiger partial charge is 0.494 e. The van der Waals surface area contributed by atoms with Gasteiger partial charge < -0.3 is 18.8 Å². The van der Waals surface area contributed by atoms with Crippen LogP contribution in [0.1, 0.15) is 37.9 Å². The number of hydrogen-bond acceptors (Lipinski definition) is 6. The lowest BCUT2D eigenvalue weighted by atomic mass is 10.2. The standard InChI is InChI=1S/C20H23N3O3/c1-4-24-17-8-5-16(6-9-17)7-10-19-22-18(11-21)20(26-19)23-12-14(2)25-15(3)13-23/h5-10,14-15H,4,12-13H2,1-3H3/b10-7+/t14-,15-/m0/s1. The Balaban J connectivity index is 1.77. The Bertz CT molecular complexity index is 795. The van der Waals surface area contributed by atoms with Crippen molar-refractivity contribution in [1.82, 2.24) is 4.98 Å². The van der Waals surface area contributed by atoms with Gasteiger partial charge in [0.05, 0.1) is 18.8 Å². The van der Waals surface area contributed by atoms with Crippen molar-refractivity contribution >= 4 is 18.0 Å². The molecule has 136 valence electrons. The molecule has 0 unspecified atom stereocenters. The molecule has 1 fully saturated rings. The van der Waals surface area contributed by atoms with Gasteiger partial charge in [-0.25, -0.2) is 0 Å². The topological polar surface area (TPSA) is 71.5 Å². The van der Waals surface area contributed by atoms with Crippen LogP contribution in [0.25, 0.3) is 12.2 Å². The van der Waals surface area contributed by atoms with Gasteiger partial charge in [-0.3, -0.25) is 0 Å². The fourth-order valence-corrected chi connectivity index (χ4v) is 3.04. The van der Waals surface area contributed by atoms with Gasteiger partial charge in [-0.2, -0.15) is 10.2 Å². The van der Waals surface area contributed by atoms with Crippen LogP contribution in [0, 0.1) is 11.3 Å². The summed E-state index contributed by atoms with van der Waals surface area (Å²) in [4.78, 5) is 6.32. The first-order chi connectivity index (χ1) is 12.6. The molecule has 0 N–H and O–H groups in total. The predicted octanol–water partition coefficient (Wildman–Crippen LogP) is 3.73. The molecule has 2 aromatic rings. The van der Waals surface area contributed by atoms with Crippen LogP contribution in [0.3, 0.4) is 0 Å². The second-order valence-corrected chi connectivity index (χ2v) is 6.32. The summed E-state index contributed by atoms with van der Waals surface area (Å²) in [6.07, 6.45) is 3.83. The highest BCUT2D eigenvalue weighted by atomic mass is 16.5. The lowest BCUT2D eigenvalue weighted by molar-refractivity contribution is -0.00642. The van der Waals surface area contributed by atoms with Gasteiger partial charge in [-0.1, -0.05) is 12.1 Å². The third-order valence-electron chi connectivity index (χ3n) is 4.05. The van der Waals surface area contributed by atoms with Crippen LogP contribution in [0.5, 0.6) is 5.75 Å². The van der Waals surface area contributed by atoms with E-state index in [1.54, 1.807) is 6.08 Å². The van der Waals surface area contributed by atoms with Crippen LogP contribution in [0.4, 0.5) is 5.88 Å². The zero-order valence-electron chi connectivity index (χ0n) is 15.3. The van der Waals surface area contributed by atoms with E-state index in [4.69, 9.17) is 13.9 Å². The zero-order valence-corrected chi connectivity index (χ0v) is 15.3. The Morgan fingerprint density at radius 1 is 1.23 bits per heavy atom. The predicted molar refractivity (Wildman–Crippen MR) is 100.0 cm³/mol. The van der Waals surface area contributed by atoms with E-state index in [1.807, 2.05) is 56.0 Å². The van der Waals surface area contributed by atoms with E-state index in [-0.39, 0.29) is 12.2 Å². The van der Waals surface area contributed by atoms with Crippen LogP contribution in [0.2, 0.25) is 0 Å². The molecule has 0 bridgehead atoms. The monoisotopic (exact) mass is 353 g/mol. The number of nitriles is 1. The summed E-state index contributed by atoms with van der Waals surface area (Å²) in [7, 11) is 0. The van der Waals surface area contributed by atoms with Crippen molar-refractivity contribution in [3.63, 3.8) is 0 Å². The first kappa shape index (κ1) is 18.0. The SMILES string of the molecule is CCOc1ccc(/C=C/c2nc(C#N)c(N3C[C@H](C)O[C@@H](C)C3)o2)cc1. The van der Waals surface area contributed by atoms with E-state index in [1.165, 1.54) is 0 Å². The van der Waals surface area contributed by atoms with Gasteiger partial charge in [0.1, 0.15) is 11.8 Å². The van der Waals surface area contributed by atoms with Crippen molar-refractivity contribution in [2.45, 2.75) is 33.0 Å². The molecule has 6 nitrogen and oxygen atoms in total. The van der Waals surface area contributed by atoms with Gasteiger partial charge >= 0.3 is 0 Å². The molecule has 2 heterocycles. The number of benzene rings is 1. The van der Waals surface area contributed by atoms with E-state index in [2.05, 4.69) is 11.1 Å². The molecular weight excluding hydrogens is 330 g/mol. The Morgan fingerprint density at radius 3 is 2.54 bits per heavy atom. The number of ether oxygens (including phenoxy) is 2. The van der Waals surface area contributed by atoms with Gasteiger partial charge in [0.2, 0.25) is 17.5 Å². The number of rotatable bonds is 5. The van der Waals surface area contributed by atoms with Gasteiger partial charge in [0.15, 0.2) is 0 Å². The molecule has 26 heavy (non-hydrogen) atoms. The van der Waals surface area contributed by atoms with Gasteiger partial charge in [-0.05, 0) is 44.5 Å². The maximum Gasteiger partial charge on any atom is 0.235 e. The van der Waals surface area contributed by atoms with Crippen LogP contribution >= 0.6 is 0 Å². The lowest BCUT2D eigenvalue weighted by Crippen LogP contribution is -2.45. The van der Waals surface area contributed by atoms with Crippen molar-refractivity contribution in [1.29, 1.82) is 5.26 Å². The fourth-order valence-electron chi connectivity index (χ4n) is 3.04. The highest BCUT2D eigenvalue weighted by Crippen LogP contribution is 2.26. The maximum absolute atomic E-state index is 9.39.